The molecule has 21 heavy (non-hydrogen) atoms. The predicted octanol–water partition coefficient (Wildman–Crippen LogP) is 2.47. The van der Waals surface area contributed by atoms with Gasteiger partial charge >= 0.3 is 0 Å². The fourth-order valence-corrected chi connectivity index (χ4v) is 4.41. The van der Waals surface area contributed by atoms with E-state index in [0.717, 1.165) is 38.1 Å². The van der Waals surface area contributed by atoms with Gasteiger partial charge in [0, 0.05) is 25.8 Å². The van der Waals surface area contributed by atoms with Crippen LogP contribution in [0.15, 0.2) is 23.2 Å². The largest absolute Gasteiger partial charge is 0.369 e. The number of aromatic nitrogens is 1. The van der Waals surface area contributed by atoms with Crippen LogP contribution in [-0.2, 0) is 10.0 Å². The van der Waals surface area contributed by atoms with Gasteiger partial charge in [0.25, 0.3) is 0 Å². The summed E-state index contributed by atoms with van der Waals surface area (Å²) in [6.07, 6.45) is 8.37. The van der Waals surface area contributed by atoms with Crippen LogP contribution in [0.2, 0.25) is 0 Å². The van der Waals surface area contributed by atoms with E-state index in [-0.39, 0.29) is 0 Å². The zero-order valence-corrected chi connectivity index (χ0v) is 13.1. The first-order valence-corrected chi connectivity index (χ1v) is 9.31. The average molecular weight is 309 g/mol. The van der Waals surface area contributed by atoms with Crippen LogP contribution in [0, 0.1) is 5.92 Å². The lowest BCUT2D eigenvalue weighted by Crippen LogP contribution is -2.36. The standard InChI is InChI=1S/C15H23N3O2S/c19-21(20,18-11-2-1-3-12-18)14-5-4-9-16-15(14)17-10-8-13-6-7-13/h4-5,9,13H,1-3,6-8,10-12H2,(H,16,17). The maximum atomic E-state index is 12.8. The Kier molecular flexibility index (Phi) is 4.45. The third kappa shape index (κ3) is 3.55. The second-order valence-corrected chi connectivity index (χ2v) is 7.88. The minimum atomic E-state index is -3.42. The van der Waals surface area contributed by atoms with Crippen LogP contribution in [-0.4, -0.2) is 37.3 Å². The molecule has 2 fully saturated rings. The van der Waals surface area contributed by atoms with E-state index in [0.29, 0.717) is 23.8 Å². The van der Waals surface area contributed by atoms with E-state index in [2.05, 4.69) is 10.3 Å². The van der Waals surface area contributed by atoms with Crippen LogP contribution < -0.4 is 5.32 Å². The first-order valence-electron chi connectivity index (χ1n) is 7.87. The van der Waals surface area contributed by atoms with E-state index >= 15 is 0 Å². The van der Waals surface area contributed by atoms with Gasteiger partial charge in [-0.1, -0.05) is 19.3 Å². The van der Waals surface area contributed by atoms with Gasteiger partial charge < -0.3 is 5.32 Å². The predicted molar refractivity (Wildman–Crippen MR) is 82.7 cm³/mol. The second-order valence-electron chi connectivity index (χ2n) is 5.97. The van der Waals surface area contributed by atoms with Crippen molar-refractivity contribution in [3.8, 4) is 0 Å². The molecular formula is C15H23N3O2S. The number of nitrogens with zero attached hydrogens (tertiary/aromatic N) is 2. The minimum absolute atomic E-state index is 0.322. The Labute approximate surface area is 126 Å². The highest BCUT2D eigenvalue weighted by Gasteiger charge is 2.29. The summed E-state index contributed by atoms with van der Waals surface area (Å²) < 4.78 is 27.1. The molecule has 0 radical (unpaired) electrons. The average Bonchev–Trinajstić information content (AvgIpc) is 3.33. The minimum Gasteiger partial charge on any atom is -0.369 e. The van der Waals surface area contributed by atoms with Crippen LogP contribution >= 0.6 is 0 Å². The van der Waals surface area contributed by atoms with Crippen LogP contribution in [0.1, 0.15) is 38.5 Å². The number of pyridine rings is 1. The lowest BCUT2D eigenvalue weighted by molar-refractivity contribution is 0.346. The van der Waals surface area contributed by atoms with Crippen molar-refractivity contribution in [2.24, 2.45) is 5.92 Å². The molecule has 1 aromatic heterocycles. The van der Waals surface area contributed by atoms with Crippen LogP contribution in [0.5, 0.6) is 0 Å². The molecule has 0 spiro atoms. The Hall–Kier alpha value is -1.14. The molecule has 1 aromatic rings. The molecule has 5 nitrogen and oxygen atoms in total. The van der Waals surface area contributed by atoms with Gasteiger partial charge in [-0.3, -0.25) is 0 Å². The van der Waals surface area contributed by atoms with Crippen molar-refractivity contribution in [3.63, 3.8) is 0 Å². The van der Waals surface area contributed by atoms with Crippen molar-refractivity contribution in [1.82, 2.24) is 9.29 Å². The molecule has 0 unspecified atom stereocenters. The Morgan fingerprint density at radius 2 is 2.00 bits per heavy atom. The molecule has 0 atom stereocenters. The van der Waals surface area contributed by atoms with E-state index in [1.165, 1.54) is 12.8 Å². The zero-order chi connectivity index (χ0) is 14.7. The normalized spacial score (nSPS) is 20.4. The van der Waals surface area contributed by atoms with Crippen LogP contribution in [0.3, 0.4) is 0 Å². The summed E-state index contributed by atoms with van der Waals surface area (Å²) in [7, 11) is -3.42. The van der Waals surface area contributed by atoms with E-state index in [4.69, 9.17) is 0 Å². The van der Waals surface area contributed by atoms with E-state index in [1.54, 1.807) is 22.6 Å². The summed E-state index contributed by atoms with van der Waals surface area (Å²) in [4.78, 5) is 4.56. The number of hydrogen-bond donors (Lipinski definition) is 1. The molecular weight excluding hydrogens is 286 g/mol. The maximum absolute atomic E-state index is 12.8. The van der Waals surface area contributed by atoms with Gasteiger partial charge in [-0.05, 0) is 37.3 Å². The van der Waals surface area contributed by atoms with Crippen molar-refractivity contribution < 1.29 is 8.42 Å². The van der Waals surface area contributed by atoms with Gasteiger partial charge in [0.15, 0.2) is 0 Å². The lowest BCUT2D eigenvalue weighted by Gasteiger charge is -2.26. The number of rotatable bonds is 6. The molecule has 1 aliphatic carbocycles. The maximum Gasteiger partial charge on any atom is 0.246 e. The molecule has 0 aromatic carbocycles. The molecule has 2 heterocycles. The second kappa shape index (κ2) is 6.32. The van der Waals surface area contributed by atoms with Crippen LogP contribution in [0.4, 0.5) is 5.82 Å². The van der Waals surface area contributed by atoms with Gasteiger partial charge in [0.1, 0.15) is 10.7 Å². The Morgan fingerprint density at radius 1 is 1.24 bits per heavy atom. The van der Waals surface area contributed by atoms with Crippen molar-refractivity contribution in [1.29, 1.82) is 0 Å². The van der Waals surface area contributed by atoms with E-state index < -0.39 is 10.0 Å². The van der Waals surface area contributed by atoms with Crippen molar-refractivity contribution in [2.45, 2.75) is 43.4 Å². The molecule has 1 N–H and O–H groups in total. The number of hydrogen-bond acceptors (Lipinski definition) is 4. The molecule has 0 amide bonds. The first-order chi connectivity index (χ1) is 10.2. The van der Waals surface area contributed by atoms with Gasteiger partial charge in [0.05, 0.1) is 0 Å². The van der Waals surface area contributed by atoms with E-state index in [1.807, 2.05) is 0 Å². The van der Waals surface area contributed by atoms with Gasteiger partial charge in [-0.2, -0.15) is 4.31 Å². The topological polar surface area (TPSA) is 62.3 Å². The fraction of sp³-hybridized carbons (Fsp3) is 0.667. The summed E-state index contributed by atoms with van der Waals surface area (Å²) in [6, 6.07) is 3.36. The first kappa shape index (κ1) is 14.8. The Balaban J connectivity index is 1.75. The molecule has 2 aliphatic rings. The fourth-order valence-electron chi connectivity index (χ4n) is 2.78. The highest BCUT2D eigenvalue weighted by molar-refractivity contribution is 7.89. The molecule has 3 rings (SSSR count). The zero-order valence-electron chi connectivity index (χ0n) is 12.3. The molecule has 0 bridgehead atoms. The summed E-state index contributed by atoms with van der Waals surface area (Å²) in [5.74, 6) is 1.33. The summed E-state index contributed by atoms with van der Waals surface area (Å²) in [5, 5.41) is 3.21. The summed E-state index contributed by atoms with van der Waals surface area (Å²) in [6.45, 7) is 2.04. The Bertz CT molecular complexity index is 578. The monoisotopic (exact) mass is 309 g/mol. The van der Waals surface area contributed by atoms with Crippen molar-refractivity contribution in [2.75, 3.05) is 25.0 Å². The Morgan fingerprint density at radius 3 is 2.71 bits per heavy atom. The van der Waals surface area contributed by atoms with Gasteiger partial charge in [-0.15, -0.1) is 0 Å². The number of nitrogens with one attached hydrogen (secondary N) is 1. The van der Waals surface area contributed by atoms with Gasteiger partial charge in [-0.25, -0.2) is 13.4 Å². The number of piperidine rings is 1. The SMILES string of the molecule is O=S(=O)(c1cccnc1NCCC1CC1)N1CCCCC1. The molecule has 1 saturated heterocycles. The quantitative estimate of drug-likeness (QED) is 0.877. The number of anilines is 1. The molecule has 1 saturated carbocycles. The van der Waals surface area contributed by atoms with Crippen LogP contribution in [0.25, 0.3) is 0 Å². The van der Waals surface area contributed by atoms with E-state index in [9.17, 15) is 8.42 Å². The summed E-state index contributed by atoms with van der Waals surface area (Å²) >= 11 is 0. The molecule has 1 aliphatic heterocycles. The highest BCUT2D eigenvalue weighted by atomic mass is 32.2. The third-order valence-electron chi connectivity index (χ3n) is 4.25. The molecule has 6 heteroatoms. The van der Waals surface area contributed by atoms with Crippen molar-refractivity contribution in [3.05, 3.63) is 18.3 Å². The molecule has 116 valence electrons. The summed E-state index contributed by atoms with van der Waals surface area (Å²) in [5.41, 5.74) is 0. The smallest absolute Gasteiger partial charge is 0.246 e. The third-order valence-corrected chi connectivity index (χ3v) is 6.18. The highest BCUT2D eigenvalue weighted by Crippen LogP contribution is 2.32. The van der Waals surface area contributed by atoms with Crippen molar-refractivity contribution >= 4 is 15.8 Å². The number of sulfonamides is 1. The van der Waals surface area contributed by atoms with Gasteiger partial charge in [0.2, 0.25) is 10.0 Å². The lowest BCUT2D eigenvalue weighted by atomic mass is 10.2.